The number of pyridine rings is 1. The maximum Gasteiger partial charge on any atom is 0.416 e. The van der Waals surface area contributed by atoms with Gasteiger partial charge in [0.05, 0.1) is 24.8 Å². The molecule has 178 valence electrons. The maximum absolute atomic E-state index is 13.4. The SMILES string of the molecule is O=C(c1ccc2ccn(C3COC3)c2c1)N1CC[C@@H]2CN(c3cc(C(F)(F)F)ccn3)C[C@@H]2C1. The normalized spacial score (nSPS) is 23.3. The van der Waals surface area contributed by atoms with Crippen molar-refractivity contribution in [3.63, 3.8) is 0 Å². The first-order valence-corrected chi connectivity index (χ1v) is 11.6. The van der Waals surface area contributed by atoms with Crippen LogP contribution in [-0.2, 0) is 10.9 Å². The van der Waals surface area contributed by atoms with Crippen molar-refractivity contribution < 1.29 is 22.7 Å². The molecule has 1 aromatic carbocycles. The van der Waals surface area contributed by atoms with Crippen LogP contribution >= 0.6 is 0 Å². The van der Waals surface area contributed by atoms with Gasteiger partial charge in [-0.3, -0.25) is 4.79 Å². The monoisotopic (exact) mass is 470 g/mol. The van der Waals surface area contributed by atoms with E-state index in [9.17, 15) is 18.0 Å². The standard InChI is InChI=1S/C25H25F3N4O2/c26-25(27,28)20-3-6-29-23(10-20)31-11-18-4-7-30(12-19(18)13-31)24(33)17-2-1-16-5-8-32(22(16)9-17)21-14-34-15-21/h1-3,5-6,8-10,18-19,21H,4,7,11-15H2/t18-,19+/m1/s1. The van der Waals surface area contributed by atoms with Gasteiger partial charge in [0.1, 0.15) is 5.82 Å². The number of carbonyl (C=O) groups is 1. The van der Waals surface area contributed by atoms with Gasteiger partial charge in [-0.1, -0.05) is 6.07 Å². The van der Waals surface area contributed by atoms with E-state index in [2.05, 4.69) is 15.6 Å². The Bertz CT molecular complexity index is 1240. The molecule has 0 N–H and O–H groups in total. The minimum atomic E-state index is -4.39. The molecule has 3 saturated heterocycles. The highest BCUT2D eigenvalue weighted by atomic mass is 19.4. The first-order valence-electron chi connectivity index (χ1n) is 11.6. The van der Waals surface area contributed by atoms with Crippen LogP contribution in [0.25, 0.3) is 10.9 Å². The van der Waals surface area contributed by atoms with Gasteiger partial charge in [-0.25, -0.2) is 4.98 Å². The topological polar surface area (TPSA) is 50.6 Å². The van der Waals surface area contributed by atoms with E-state index in [0.29, 0.717) is 62.7 Å². The number of rotatable bonds is 3. The molecular weight excluding hydrogens is 445 g/mol. The van der Waals surface area contributed by atoms with Crippen molar-refractivity contribution in [2.45, 2.75) is 18.6 Å². The van der Waals surface area contributed by atoms with Crippen LogP contribution in [0.4, 0.5) is 19.0 Å². The summed E-state index contributed by atoms with van der Waals surface area (Å²) in [6.07, 6.45) is -0.284. The van der Waals surface area contributed by atoms with E-state index in [-0.39, 0.29) is 11.8 Å². The Morgan fingerprint density at radius 1 is 1.03 bits per heavy atom. The number of anilines is 1. The summed E-state index contributed by atoms with van der Waals surface area (Å²) in [5.41, 5.74) is 1.02. The molecule has 3 aromatic rings. The van der Waals surface area contributed by atoms with Crippen molar-refractivity contribution in [1.29, 1.82) is 0 Å². The van der Waals surface area contributed by atoms with Gasteiger partial charge >= 0.3 is 6.18 Å². The number of hydrogen-bond donors (Lipinski definition) is 0. The van der Waals surface area contributed by atoms with Crippen molar-refractivity contribution >= 4 is 22.6 Å². The van der Waals surface area contributed by atoms with Gasteiger partial charge in [-0.05, 0) is 54.0 Å². The second-order valence-corrected chi connectivity index (χ2v) is 9.55. The fourth-order valence-corrected chi connectivity index (χ4v) is 5.47. The first kappa shape index (κ1) is 21.5. The zero-order valence-corrected chi connectivity index (χ0v) is 18.5. The second-order valence-electron chi connectivity index (χ2n) is 9.55. The average Bonchev–Trinajstić information content (AvgIpc) is 3.41. The molecule has 3 aliphatic rings. The molecule has 0 radical (unpaired) electrons. The smallest absolute Gasteiger partial charge is 0.377 e. The van der Waals surface area contributed by atoms with Gasteiger partial charge in [-0.2, -0.15) is 13.2 Å². The Hall–Kier alpha value is -3.07. The van der Waals surface area contributed by atoms with E-state index in [1.165, 1.54) is 6.20 Å². The number of benzene rings is 1. The average molecular weight is 470 g/mol. The molecule has 3 aliphatic heterocycles. The molecular formula is C25H25F3N4O2. The number of piperidine rings is 1. The van der Waals surface area contributed by atoms with Gasteiger partial charge in [0.2, 0.25) is 0 Å². The molecule has 0 unspecified atom stereocenters. The third-order valence-corrected chi connectivity index (χ3v) is 7.47. The molecule has 34 heavy (non-hydrogen) atoms. The van der Waals surface area contributed by atoms with Gasteiger partial charge in [0.15, 0.2) is 0 Å². The quantitative estimate of drug-likeness (QED) is 0.575. The lowest BCUT2D eigenvalue weighted by molar-refractivity contribution is -0.137. The highest BCUT2D eigenvalue weighted by Crippen LogP contribution is 2.36. The summed E-state index contributed by atoms with van der Waals surface area (Å²) in [5.74, 6) is 0.925. The van der Waals surface area contributed by atoms with Crippen LogP contribution in [0.3, 0.4) is 0 Å². The Balaban J connectivity index is 1.17. The molecule has 6 nitrogen and oxygen atoms in total. The lowest BCUT2D eigenvalue weighted by Crippen LogP contribution is -2.43. The van der Waals surface area contributed by atoms with Crippen LogP contribution in [0.2, 0.25) is 0 Å². The number of ether oxygens (including phenoxy) is 1. The molecule has 2 aromatic heterocycles. The lowest BCUT2D eigenvalue weighted by Gasteiger charge is -2.34. The van der Waals surface area contributed by atoms with Crippen molar-refractivity contribution in [2.75, 3.05) is 44.3 Å². The van der Waals surface area contributed by atoms with E-state index in [0.717, 1.165) is 29.5 Å². The van der Waals surface area contributed by atoms with E-state index in [1.54, 1.807) is 0 Å². The number of halogens is 3. The van der Waals surface area contributed by atoms with Crippen LogP contribution in [0.15, 0.2) is 48.8 Å². The summed E-state index contributed by atoms with van der Waals surface area (Å²) in [6, 6.07) is 10.3. The highest BCUT2D eigenvalue weighted by molar-refractivity contribution is 5.98. The summed E-state index contributed by atoms with van der Waals surface area (Å²) < 4.78 is 46.9. The fourth-order valence-electron chi connectivity index (χ4n) is 5.47. The molecule has 9 heteroatoms. The second kappa shape index (κ2) is 8.01. The van der Waals surface area contributed by atoms with Crippen molar-refractivity contribution in [2.24, 2.45) is 11.8 Å². The van der Waals surface area contributed by atoms with Crippen LogP contribution in [0.1, 0.15) is 28.4 Å². The van der Waals surface area contributed by atoms with Gasteiger partial charge in [0.25, 0.3) is 5.91 Å². The van der Waals surface area contributed by atoms with Gasteiger partial charge in [-0.15, -0.1) is 0 Å². The number of carbonyl (C=O) groups excluding carboxylic acids is 1. The third-order valence-electron chi connectivity index (χ3n) is 7.47. The molecule has 0 bridgehead atoms. The predicted octanol–water partition coefficient (Wildman–Crippen LogP) is 4.22. The van der Waals surface area contributed by atoms with Crippen LogP contribution in [0.5, 0.6) is 0 Å². The van der Waals surface area contributed by atoms with Crippen LogP contribution in [-0.4, -0.2) is 59.8 Å². The summed E-state index contributed by atoms with van der Waals surface area (Å²) >= 11 is 0. The van der Waals surface area contributed by atoms with E-state index in [1.807, 2.05) is 34.2 Å². The fraction of sp³-hybridized carbons (Fsp3) is 0.440. The Morgan fingerprint density at radius 3 is 2.62 bits per heavy atom. The molecule has 0 saturated carbocycles. The number of nitrogens with zero attached hydrogens (tertiary/aromatic N) is 4. The predicted molar refractivity (Wildman–Crippen MR) is 121 cm³/mol. The first-order chi connectivity index (χ1) is 16.4. The highest BCUT2D eigenvalue weighted by Gasteiger charge is 2.40. The Labute approximate surface area is 194 Å². The minimum Gasteiger partial charge on any atom is -0.377 e. The summed E-state index contributed by atoms with van der Waals surface area (Å²) in [6.45, 7) is 3.91. The summed E-state index contributed by atoms with van der Waals surface area (Å²) in [7, 11) is 0. The van der Waals surface area contributed by atoms with Crippen molar-refractivity contribution in [1.82, 2.24) is 14.5 Å². The Morgan fingerprint density at radius 2 is 1.85 bits per heavy atom. The number of hydrogen-bond acceptors (Lipinski definition) is 4. The van der Waals surface area contributed by atoms with E-state index >= 15 is 0 Å². The van der Waals surface area contributed by atoms with Crippen LogP contribution < -0.4 is 4.90 Å². The third kappa shape index (κ3) is 3.72. The largest absolute Gasteiger partial charge is 0.416 e. The Kier molecular flexibility index (Phi) is 5.05. The molecule has 5 heterocycles. The summed E-state index contributed by atoms with van der Waals surface area (Å²) in [5, 5.41) is 1.10. The van der Waals surface area contributed by atoms with E-state index < -0.39 is 11.7 Å². The lowest BCUT2D eigenvalue weighted by atomic mass is 9.88. The van der Waals surface area contributed by atoms with E-state index in [4.69, 9.17) is 4.74 Å². The molecule has 0 spiro atoms. The maximum atomic E-state index is 13.4. The molecule has 2 atom stereocenters. The molecule has 3 fully saturated rings. The number of alkyl halides is 3. The minimum absolute atomic E-state index is 0.00797. The van der Waals surface area contributed by atoms with Gasteiger partial charge < -0.3 is 19.1 Å². The van der Waals surface area contributed by atoms with Crippen LogP contribution in [0, 0.1) is 11.8 Å². The zero-order valence-electron chi connectivity index (χ0n) is 18.5. The number of aromatic nitrogens is 2. The molecule has 0 aliphatic carbocycles. The van der Waals surface area contributed by atoms with Crippen molar-refractivity contribution in [3.05, 3.63) is 59.9 Å². The molecule has 1 amide bonds. The number of amides is 1. The molecule has 6 rings (SSSR count). The zero-order chi connectivity index (χ0) is 23.4. The summed E-state index contributed by atoms with van der Waals surface area (Å²) in [4.78, 5) is 21.4. The van der Waals surface area contributed by atoms with Crippen molar-refractivity contribution in [3.8, 4) is 0 Å². The number of fused-ring (bicyclic) bond motifs is 2. The van der Waals surface area contributed by atoms with Gasteiger partial charge in [0, 0.05) is 49.7 Å². The number of likely N-dealkylation sites (tertiary alicyclic amines) is 1.